The first-order valence-corrected chi connectivity index (χ1v) is 4.75. The summed E-state index contributed by atoms with van der Waals surface area (Å²) >= 11 is 0. The Hall–Kier alpha value is -0.300. The van der Waals surface area contributed by atoms with Gasteiger partial charge in [-0.05, 0) is 38.0 Å². The Morgan fingerprint density at radius 2 is 2.00 bits per heavy atom. The van der Waals surface area contributed by atoms with Gasteiger partial charge in [-0.3, -0.25) is 0 Å². The molecular weight excluding hydrogens is 136 g/mol. The SMILES string of the molecule is OC1C=C(C2CCC2)CCC1. The van der Waals surface area contributed by atoms with Crippen molar-refractivity contribution < 1.29 is 5.11 Å². The van der Waals surface area contributed by atoms with E-state index < -0.39 is 0 Å². The summed E-state index contributed by atoms with van der Waals surface area (Å²) in [7, 11) is 0. The highest BCUT2D eigenvalue weighted by atomic mass is 16.3. The predicted molar refractivity (Wildman–Crippen MR) is 45.3 cm³/mol. The van der Waals surface area contributed by atoms with Crippen molar-refractivity contribution in [3.8, 4) is 0 Å². The van der Waals surface area contributed by atoms with E-state index in [4.69, 9.17) is 0 Å². The number of aliphatic hydroxyl groups is 1. The van der Waals surface area contributed by atoms with Crippen molar-refractivity contribution in [1.29, 1.82) is 0 Å². The minimum Gasteiger partial charge on any atom is -0.389 e. The van der Waals surface area contributed by atoms with E-state index in [-0.39, 0.29) is 6.10 Å². The summed E-state index contributed by atoms with van der Waals surface area (Å²) in [5.74, 6) is 0.852. The second kappa shape index (κ2) is 2.98. The maximum Gasteiger partial charge on any atom is 0.0723 e. The van der Waals surface area contributed by atoms with Crippen LogP contribution in [0.1, 0.15) is 38.5 Å². The van der Waals surface area contributed by atoms with Crippen molar-refractivity contribution in [2.24, 2.45) is 5.92 Å². The molecule has 0 saturated heterocycles. The van der Waals surface area contributed by atoms with Crippen molar-refractivity contribution >= 4 is 0 Å². The van der Waals surface area contributed by atoms with E-state index in [1.807, 2.05) is 0 Å². The average Bonchev–Trinajstić information content (AvgIpc) is 1.83. The lowest BCUT2D eigenvalue weighted by Gasteiger charge is -2.31. The van der Waals surface area contributed by atoms with Gasteiger partial charge in [-0.2, -0.15) is 0 Å². The highest BCUT2D eigenvalue weighted by Crippen LogP contribution is 2.37. The Bertz CT molecular complexity index is 168. The van der Waals surface area contributed by atoms with Gasteiger partial charge in [-0.15, -0.1) is 0 Å². The van der Waals surface area contributed by atoms with Crippen molar-refractivity contribution in [3.05, 3.63) is 11.6 Å². The van der Waals surface area contributed by atoms with Gasteiger partial charge in [-0.25, -0.2) is 0 Å². The highest BCUT2D eigenvalue weighted by molar-refractivity contribution is 5.14. The molecule has 0 aromatic heterocycles. The lowest BCUT2D eigenvalue weighted by atomic mass is 9.76. The largest absolute Gasteiger partial charge is 0.389 e. The smallest absolute Gasteiger partial charge is 0.0723 e. The van der Waals surface area contributed by atoms with E-state index in [2.05, 4.69) is 6.08 Å². The average molecular weight is 152 g/mol. The summed E-state index contributed by atoms with van der Waals surface area (Å²) in [6.07, 6.45) is 9.56. The summed E-state index contributed by atoms with van der Waals surface area (Å²) < 4.78 is 0. The second-order valence-electron chi connectivity index (χ2n) is 3.83. The van der Waals surface area contributed by atoms with Gasteiger partial charge in [0.05, 0.1) is 6.10 Å². The van der Waals surface area contributed by atoms with Crippen LogP contribution in [-0.4, -0.2) is 11.2 Å². The Morgan fingerprint density at radius 3 is 2.55 bits per heavy atom. The standard InChI is InChI=1S/C10H16O/c11-10-6-2-5-9(7-10)8-3-1-4-8/h7-8,10-11H,1-6H2. The summed E-state index contributed by atoms with van der Waals surface area (Å²) in [4.78, 5) is 0. The zero-order chi connectivity index (χ0) is 7.68. The molecule has 0 radical (unpaired) electrons. The molecular formula is C10H16O. The molecule has 2 aliphatic rings. The Kier molecular flexibility index (Phi) is 1.99. The van der Waals surface area contributed by atoms with Crippen LogP contribution in [-0.2, 0) is 0 Å². The van der Waals surface area contributed by atoms with Gasteiger partial charge in [0.15, 0.2) is 0 Å². The van der Waals surface area contributed by atoms with Crippen molar-refractivity contribution in [3.63, 3.8) is 0 Å². The first kappa shape index (κ1) is 7.35. The van der Waals surface area contributed by atoms with E-state index in [1.54, 1.807) is 5.57 Å². The first-order valence-electron chi connectivity index (χ1n) is 4.75. The van der Waals surface area contributed by atoms with Crippen LogP contribution in [0.3, 0.4) is 0 Å². The molecule has 0 aliphatic heterocycles. The molecule has 2 aliphatic carbocycles. The van der Waals surface area contributed by atoms with Crippen LogP contribution in [0.2, 0.25) is 0 Å². The quantitative estimate of drug-likeness (QED) is 0.571. The highest BCUT2D eigenvalue weighted by Gasteiger charge is 2.23. The molecule has 1 N–H and O–H groups in total. The monoisotopic (exact) mass is 152 g/mol. The summed E-state index contributed by atoms with van der Waals surface area (Å²) in [5, 5.41) is 9.37. The summed E-state index contributed by atoms with van der Waals surface area (Å²) in [6.45, 7) is 0. The van der Waals surface area contributed by atoms with Crippen LogP contribution in [0.5, 0.6) is 0 Å². The van der Waals surface area contributed by atoms with Gasteiger partial charge in [0.2, 0.25) is 0 Å². The molecule has 1 atom stereocenters. The van der Waals surface area contributed by atoms with E-state index in [0.29, 0.717) is 0 Å². The molecule has 2 rings (SSSR count). The predicted octanol–water partition coefficient (Wildman–Crippen LogP) is 2.26. The molecule has 62 valence electrons. The number of allylic oxidation sites excluding steroid dienone is 1. The fourth-order valence-corrected chi connectivity index (χ4v) is 2.05. The minimum atomic E-state index is -0.126. The van der Waals surface area contributed by atoms with Gasteiger partial charge in [-0.1, -0.05) is 18.1 Å². The van der Waals surface area contributed by atoms with Gasteiger partial charge in [0.25, 0.3) is 0 Å². The van der Waals surface area contributed by atoms with E-state index in [0.717, 1.165) is 12.3 Å². The number of hydrogen-bond donors (Lipinski definition) is 1. The zero-order valence-electron chi connectivity index (χ0n) is 6.92. The molecule has 0 bridgehead atoms. The van der Waals surface area contributed by atoms with Crippen LogP contribution < -0.4 is 0 Å². The molecule has 1 heteroatoms. The fourth-order valence-electron chi connectivity index (χ4n) is 2.05. The second-order valence-corrected chi connectivity index (χ2v) is 3.83. The summed E-state index contributed by atoms with van der Waals surface area (Å²) in [6, 6.07) is 0. The van der Waals surface area contributed by atoms with Crippen LogP contribution in [0.15, 0.2) is 11.6 Å². The number of rotatable bonds is 1. The fraction of sp³-hybridized carbons (Fsp3) is 0.800. The zero-order valence-corrected chi connectivity index (χ0v) is 6.92. The normalized spacial score (nSPS) is 32.8. The maximum absolute atomic E-state index is 9.37. The Labute approximate surface area is 68.1 Å². The van der Waals surface area contributed by atoms with Crippen LogP contribution in [0, 0.1) is 5.92 Å². The molecule has 0 spiro atoms. The van der Waals surface area contributed by atoms with Crippen molar-refractivity contribution in [2.45, 2.75) is 44.6 Å². The molecule has 0 aromatic rings. The lowest BCUT2D eigenvalue weighted by Crippen LogP contribution is -2.19. The Morgan fingerprint density at radius 1 is 1.18 bits per heavy atom. The van der Waals surface area contributed by atoms with Gasteiger partial charge in [0.1, 0.15) is 0 Å². The van der Waals surface area contributed by atoms with Gasteiger partial charge in [0, 0.05) is 0 Å². The third kappa shape index (κ3) is 1.48. The minimum absolute atomic E-state index is 0.126. The molecule has 1 nitrogen and oxygen atoms in total. The third-order valence-electron chi connectivity index (χ3n) is 3.00. The molecule has 11 heavy (non-hydrogen) atoms. The maximum atomic E-state index is 9.37. The molecule has 0 aromatic carbocycles. The molecule has 1 fully saturated rings. The summed E-state index contributed by atoms with van der Waals surface area (Å²) in [5.41, 5.74) is 1.55. The number of aliphatic hydroxyl groups excluding tert-OH is 1. The van der Waals surface area contributed by atoms with E-state index in [9.17, 15) is 5.11 Å². The molecule has 1 unspecified atom stereocenters. The molecule has 0 heterocycles. The van der Waals surface area contributed by atoms with Crippen molar-refractivity contribution in [2.75, 3.05) is 0 Å². The van der Waals surface area contributed by atoms with E-state index >= 15 is 0 Å². The number of hydrogen-bond acceptors (Lipinski definition) is 1. The lowest BCUT2D eigenvalue weighted by molar-refractivity contribution is 0.195. The van der Waals surface area contributed by atoms with E-state index in [1.165, 1.54) is 32.1 Å². The van der Waals surface area contributed by atoms with Crippen LogP contribution in [0.4, 0.5) is 0 Å². The van der Waals surface area contributed by atoms with Gasteiger partial charge >= 0.3 is 0 Å². The molecule has 0 amide bonds. The Balaban J connectivity index is 1.99. The first-order chi connectivity index (χ1) is 5.36. The van der Waals surface area contributed by atoms with Gasteiger partial charge < -0.3 is 5.11 Å². The van der Waals surface area contributed by atoms with Crippen LogP contribution in [0.25, 0.3) is 0 Å². The third-order valence-corrected chi connectivity index (χ3v) is 3.00. The topological polar surface area (TPSA) is 20.2 Å². The van der Waals surface area contributed by atoms with Crippen LogP contribution >= 0.6 is 0 Å². The van der Waals surface area contributed by atoms with Crippen molar-refractivity contribution in [1.82, 2.24) is 0 Å². The molecule has 1 saturated carbocycles.